The van der Waals surface area contributed by atoms with Gasteiger partial charge in [-0.05, 0) is 98.7 Å². The Morgan fingerprint density at radius 1 is 0.863 bits per heavy atom. The van der Waals surface area contributed by atoms with Crippen LogP contribution in [0.3, 0.4) is 0 Å². The molecule has 0 radical (unpaired) electrons. The van der Waals surface area contributed by atoms with Crippen molar-refractivity contribution in [2.45, 2.75) is 91.6 Å². The minimum Gasteiger partial charge on any atom is -0.479 e. The molecular formula is C42H51ClN4O4. The summed E-state index contributed by atoms with van der Waals surface area (Å²) in [7, 11) is 0. The van der Waals surface area contributed by atoms with Crippen LogP contribution < -0.4 is 20.3 Å². The second kappa shape index (κ2) is 18.5. The number of ether oxygens (including phenoxy) is 1. The lowest BCUT2D eigenvalue weighted by atomic mass is 9.82. The smallest absolute Gasteiger partial charge is 0.265 e. The summed E-state index contributed by atoms with van der Waals surface area (Å²) in [6, 6.07) is 22.1. The third-order valence-electron chi connectivity index (χ3n) is 9.35. The first-order valence-electron chi connectivity index (χ1n) is 18.0. The van der Waals surface area contributed by atoms with Gasteiger partial charge in [0.25, 0.3) is 11.8 Å². The number of hydrogen-bond donors (Lipinski definition) is 2. The molecule has 0 aliphatic heterocycles. The van der Waals surface area contributed by atoms with Crippen molar-refractivity contribution >= 4 is 46.3 Å². The lowest BCUT2D eigenvalue weighted by Gasteiger charge is -2.25. The SMILES string of the molecule is CCCCCCC(Oc1ccc(C(C)(C)CC)cc1Cl)C(=O)NC1=CC(=O)C(NC(=O)c2ccccc2)=CC1=Nc1ccc(N(CC)CC)cc1. The van der Waals surface area contributed by atoms with E-state index < -0.39 is 23.7 Å². The van der Waals surface area contributed by atoms with Crippen LogP contribution in [-0.2, 0) is 15.0 Å². The van der Waals surface area contributed by atoms with Crippen LogP contribution in [0.4, 0.5) is 11.4 Å². The molecule has 0 aromatic heterocycles. The first kappa shape index (κ1) is 39.1. The minimum atomic E-state index is -0.877. The molecule has 1 unspecified atom stereocenters. The summed E-state index contributed by atoms with van der Waals surface area (Å²) in [5.41, 5.74) is 3.70. The Kier molecular flexibility index (Phi) is 14.2. The van der Waals surface area contributed by atoms with E-state index in [0.29, 0.717) is 34.2 Å². The molecule has 0 fully saturated rings. The number of carbonyl (C=O) groups is 3. The van der Waals surface area contributed by atoms with Gasteiger partial charge in [-0.15, -0.1) is 0 Å². The van der Waals surface area contributed by atoms with Gasteiger partial charge in [-0.2, -0.15) is 0 Å². The molecule has 0 heterocycles. The average molecular weight is 711 g/mol. The van der Waals surface area contributed by atoms with Gasteiger partial charge in [-0.25, -0.2) is 4.99 Å². The zero-order chi connectivity index (χ0) is 37.0. The number of amides is 2. The van der Waals surface area contributed by atoms with Crippen molar-refractivity contribution in [2.75, 3.05) is 18.0 Å². The van der Waals surface area contributed by atoms with Crippen LogP contribution in [0.25, 0.3) is 0 Å². The highest BCUT2D eigenvalue weighted by Gasteiger charge is 2.28. The van der Waals surface area contributed by atoms with Crippen LogP contribution in [-0.4, -0.2) is 42.5 Å². The first-order chi connectivity index (χ1) is 24.5. The largest absolute Gasteiger partial charge is 0.479 e. The number of halogens is 1. The number of aliphatic imine (C=N–C) groups is 1. The van der Waals surface area contributed by atoms with Gasteiger partial charge in [0.15, 0.2) is 6.10 Å². The number of rotatable bonds is 17. The predicted octanol–water partition coefficient (Wildman–Crippen LogP) is 9.26. The molecule has 0 saturated carbocycles. The summed E-state index contributed by atoms with van der Waals surface area (Å²) in [6.45, 7) is 14.5. The molecule has 0 saturated heterocycles. The van der Waals surface area contributed by atoms with Gasteiger partial charge >= 0.3 is 0 Å². The van der Waals surface area contributed by atoms with Gasteiger partial charge in [-0.3, -0.25) is 14.4 Å². The number of unbranched alkanes of at least 4 members (excludes halogenated alkanes) is 3. The maximum Gasteiger partial charge on any atom is 0.265 e. The number of benzene rings is 3. The standard InChI is InChI=1S/C42H51ClN4O4/c1-7-11-12-16-19-39(51-38-25-20-30(26-33(38)43)42(5,6)8-2)41(50)45-35-28-37(48)36(46-40(49)29-17-14-13-15-18-29)27-34(35)44-31-21-23-32(24-22-31)47(9-3)10-4/h13-15,17-18,20-28,39H,7-12,16,19H2,1-6H3,(H,45,50)(H,46,49). The molecule has 1 aliphatic carbocycles. The fourth-order valence-electron chi connectivity index (χ4n) is 5.70. The molecule has 0 bridgehead atoms. The van der Waals surface area contributed by atoms with Crippen LogP contribution in [0, 0.1) is 0 Å². The van der Waals surface area contributed by atoms with E-state index in [1.807, 2.05) is 48.5 Å². The minimum absolute atomic E-state index is 0.0506. The van der Waals surface area contributed by atoms with E-state index in [9.17, 15) is 14.4 Å². The summed E-state index contributed by atoms with van der Waals surface area (Å²) in [5, 5.41) is 6.09. The molecule has 8 nitrogen and oxygen atoms in total. The van der Waals surface area contributed by atoms with Crippen molar-refractivity contribution in [2.24, 2.45) is 4.99 Å². The zero-order valence-corrected chi connectivity index (χ0v) is 31.5. The lowest BCUT2D eigenvalue weighted by molar-refractivity contribution is -0.127. The summed E-state index contributed by atoms with van der Waals surface area (Å²) < 4.78 is 6.32. The Labute approximate surface area is 308 Å². The Morgan fingerprint density at radius 2 is 1.57 bits per heavy atom. The molecule has 9 heteroatoms. The number of nitrogens with zero attached hydrogens (tertiary/aromatic N) is 2. The van der Waals surface area contributed by atoms with E-state index in [1.165, 1.54) is 12.2 Å². The summed E-state index contributed by atoms with van der Waals surface area (Å²) in [4.78, 5) is 47.5. The van der Waals surface area contributed by atoms with Crippen molar-refractivity contribution in [1.82, 2.24) is 10.6 Å². The van der Waals surface area contributed by atoms with Crippen LogP contribution in [0.15, 0.2) is 101 Å². The number of allylic oxidation sites excluding steroid dienone is 2. The second-order valence-electron chi connectivity index (χ2n) is 13.3. The predicted molar refractivity (Wildman–Crippen MR) is 208 cm³/mol. The number of anilines is 1. The van der Waals surface area contributed by atoms with Crippen LogP contribution in [0.5, 0.6) is 5.75 Å². The molecule has 1 aliphatic rings. The van der Waals surface area contributed by atoms with Gasteiger partial charge in [-0.1, -0.05) is 82.8 Å². The fraction of sp³-hybridized carbons (Fsp3) is 0.381. The van der Waals surface area contributed by atoms with Gasteiger partial charge in [0, 0.05) is 30.4 Å². The highest BCUT2D eigenvalue weighted by molar-refractivity contribution is 6.32. The average Bonchev–Trinajstić information content (AvgIpc) is 3.13. The molecule has 270 valence electrons. The van der Waals surface area contributed by atoms with Crippen molar-refractivity contribution < 1.29 is 19.1 Å². The van der Waals surface area contributed by atoms with E-state index in [2.05, 4.69) is 57.1 Å². The maximum atomic E-state index is 14.0. The number of hydrogen-bond acceptors (Lipinski definition) is 6. The summed E-state index contributed by atoms with van der Waals surface area (Å²) in [6.07, 6.45) is 7.14. The fourth-order valence-corrected chi connectivity index (χ4v) is 5.92. The summed E-state index contributed by atoms with van der Waals surface area (Å²) in [5.74, 6) is -0.897. The van der Waals surface area contributed by atoms with E-state index in [-0.39, 0.29) is 16.8 Å². The van der Waals surface area contributed by atoms with E-state index in [1.54, 1.807) is 24.3 Å². The van der Waals surface area contributed by atoms with Gasteiger partial charge in [0.2, 0.25) is 5.78 Å². The van der Waals surface area contributed by atoms with Crippen LogP contribution in [0.2, 0.25) is 5.02 Å². The molecule has 51 heavy (non-hydrogen) atoms. The van der Waals surface area contributed by atoms with Gasteiger partial charge in [0.1, 0.15) is 5.75 Å². The topological polar surface area (TPSA) is 100 Å². The Hall–Kier alpha value is -4.69. The maximum absolute atomic E-state index is 14.0. The molecule has 4 rings (SSSR count). The van der Waals surface area contributed by atoms with E-state index in [4.69, 9.17) is 21.3 Å². The Morgan fingerprint density at radius 3 is 2.20 bits per heavy atom. The van der Waals surface area contributed by atoms with Gasteiger partial charge < -0.3 is 20.3 Å². The second-order valence-corrected chi connectivity index (χ2v) is 13.7. The Bertz CT molecular complexity index is 1760. The van der Waals surface area contributed by atoms with Crippen molar-refractivity contribution in [3.05, 3.63) is 112 Å². The monoisotopic (exact) mass is 710 g/mol. The van der Waals surface area contributed by atoms with Crippen LogP contribution in [0.1, 0.15) is 96.0 Å². The molecule has 2 amide bonds. The number of carbonyl (C=O) groups excluding carboxylic acids is 3. The first-order valence-corrected chi connectivity index (χ1v) is 18.4. The molecule has 3 aromatic rings. The van der Waals surface area contributed by atoms with Gasteiger partial charge in [0.05, 0.1) is 27.8 Å². The van der Waals surface area contributed by atoms with E-state index >= 15 is 0 Å². The third kappa shape index (κ3) is 10.7. The molecule has 0 spiro atoms. The van der Waals surface area contributed by atoms with Crippen molar-refractivity contribution in [3.63, 3.8) is 0 Å². The number of nitrogens with one attached hydrogen (secondary N) is 2. The highest BCUT2D eigenvalue weighted by Crippen LogP contribution is 2.34. The lowest BCUT2D eigenvalue weighted by Crippen LogP contribution is -2.41. The normalized spacial score (nSPS) is 14.4. The van der Waals surface area contributed by atoms with Crippen LogP contribution >= 0.6 is 11.6 Å². The molecular weight excluding hydrogens is 660 g/mol. The number of ketones is 1. The summed E-state index contributed by atoms with van der Waals surface area (Å²) >= 11 is 6.72. The highest BCUT2D eigenvalue weighted by atomic mass is 35.5. The molecule has 3 aromatic carbocycles. The third-order valence-corrected chi connectivity index (χ3v) is 9.64. The Balaban J connectivity index is 1.65. The zero-order valence-electron chi connectivity index (χ0n) is 30.7. The van der Waals surface area contributed by atoms with Crippen molar-refractivity contribution in [3.8, 4) is 5.75 Å². The molecule has 2 N–H and O–H groups in total. The van der Waals surface area contributed by atoms with E-state index in [0.717, 1.165) is 56.4 Å². The van der Waals surface area contributed by atoms with Crippen molar-refractivity contribution in [1.29, 1.82) is 0 Å². The molecule has 1 atom stereocenters. The quantitative estimate of drug-likeness (QED) is 0.107.